The lowest BCUT2D eigenvalue weighted by atomic mass is 10.0. The Kier molecular flexibility index (Phi) is 3.27. The molecule has 0 aromatic heterocycles. The maximum Gasteiger partial charge on any atom is 0.0771 e. The summed E-state index contributed by atoms with van der Waals surface area (Å²) in [6.45, 7) is 6.88. The largest absolute Gasteiger partial charge is 0.390 e. The fourth-order valence-electron chi connectivity index (χ4n) is 0.636. The normalized spacial score (nSPS) is 14.4. The van der Waals surface area contributed by atoms with Crippen molar-refractivity contribution >= 4 is 0 Å². The van der Waals surface area contributed by atoms with Gasteiger partial charge in [-0.25, -0.2) is 0 Å². The van der Waals surface area contributed by atoms with Crippen LogP contribution in [-0.2, 0) is 0 Å². The molecule has 0 fully saturated rings. The summed E-state index contributed by atoms with van der Waals surface area (Å²) in [6.07, 6.45) is 4.04. The summed E-state index contributed by atoms with van der Waals surface area (Å²) in [7, 11) is 0. The molecule has 0 unspecified atom stereocenters. The van der Waals surface area contributed by atoms with Gasteiger partial charge >= 0.3 is 0 Å². The highest BCUT2D eigenvalue weighted by Gasteiger charge is 2.11. The summed E-state index contributed by atoms with van der Waals surface area (Å²) in [5, 5.41) is 18.5. The lowest BCUT2D eigenvalue weighted by molar-refractivity contribution is 0.0827. The van der Waals surface area contributed by atoms with Crippen molar-refractivity contribution in [1.29, 1.82) is 0 Å². The van der Waals surface area contributed by atoms with E-state index in [0.29, 0.717) is 6.42 Å². The van der Waals surface area contributed by atoms with E-state index in [1.165, 1.54) is 0 Å². The summed E-state index contributed by atoms with van der Waals surface area (Å²) in [5.41, 5.74) is -1.45. The molecule has 66 valence electrons. The van der Waals surface area contributed by atoms with Crippen molar-refractivity contribution < 1.29 is 10.2 Å². The van der Waals surface area contributed by atoms with Gasteiger partial charge < -0.3 is 10.2 Å². The Balaban J connectivity index is 3.80. The summed E-state index contributed by atoms with van der Waals surface area (Å²) in [4.78, 5) is 0. The molecule has 2 N–H and O–H groups in total. The Morgan fingerprint density at radius 3 is 1.82 bits per heavy atom. The molecule has 11 heavy (non-hydrogen) atoms. The molecule has 0 rings (SSSR count). The number of rotatable bonds is 3. The molecule has 0 saturated carbocycles. The Bertz CT molecular complexity index is 135. The molecule has 0 atom stereocenters. The minimum atomic E-state index is -0.773. The van der Waals surface area contributed by atoms with Crippen LogP contribution in [0.4, 0.5) is 0 Å². The first-order valence-electron chi connectivity index (χ1n) is 3.83. The molecule has 0 aromatic rings. The van der Waals surface area contributed by atoms with Crippen molar-refractivity contribution in [3.8, 4) is 0 Å². The maximum atomic E-state index is 9.28. The van der Waals surface area contributed by atoms with Gasteiger partial charge in [-0.1, -0.05) is 12.2 Å². The van der Waals surface area contributed by atoms with E-state index in [2.05, 4.69) is 0 Å². The molecule has 0 aromatic carbocycles. The number of hydrogen-bond acceptors (Lipinski definition) is 2. The van der Waals surface area contributed by atoms with Crippen LogP contribution in [0.1, 0.15) is 34.1 Å². The molecule has 2 nitrogen and oxygen atoms in total. The molecular formula is C9H18O2. The molecule has 0 aliphatic heterocycles. The zero-order valence-electron chi connectivity index (χ0n) is 7.76. The predicted octanol–water partition coefficient (Wildman–Crippen LogP) is 1.47. The number of hydrogen-bond donors (Lipinski definition) is 2. The lowest BCUT2D eigenvalue weighted by Crippen LogP contribution is -2.18. The zero-order chi connectivity index (χ0) is 9.12. The summed E-state index contributed by atoms with van der Waals surface area (Å²) in [5.74, 6) is 0. The summed E-state index contributed by atoms with van der Waals surface area (Å²) < 4.78 is 0. The van der Waals surface area contributed by atoms with Crippen LogP contribution < -0.4 is 0 Å². The van der Waals surface area contributed by atoms with E-state index in [4.69, 9.17) is 0 Å². The van der Waals surface area contributed by atoms with Crippen molar-refractivity contribution in [2.75, 3.05) is 0 Å². The summed E-state index contributed by atoms with van der Waals surface area (Å²) in [6, 6.07) is 0. The van der Waals surface area contributed by atoms with Gasteiger partial charge in [0.05, 0.1) is 11.2 Å². The fraction of sp³-hybridized carbons (Fsp3) is 0.778. The molecule has 0 aliphatic carbocycles. The second kappa shape index (κ2) is 3.37. The molecule has 0 heterocycles. The Morgan fingerprint density at radius 2 is 1.55 bits per heavy atom. The van der Waals surface area contributed by atoms with E-state index in [1.54, 1.807) is 39.8 Å². The van der Waals surface area contributed by atoms with Crippen LogP contribution in [-0.4, -0.2) is 21.4 Å². The third-order valence-electron chi connectivity index (χ3n) is 1.14. The van der Waals surface area contributed by atoms with E-state index < -0.39 is 11.2 Å². The van der Waals surface area contributed by atoms with Crippen LogP contribution in [0, 0.1) is 0 Å². The van der Waals surface area contributed by atoms with Crippen molar-refractivity contribution in [1.82, 2.24) is 0 Å². The van der Waals surface area contributed by atoms with Crippen molar-refractivity contribution in [2.24, 2.45) is 0 Å². The van der Waals surface area contributed by atoms with Gasteiger partial charge in [-0.05, 0) is 34.1 Å². The van der Waals surface area contributed by atoms with E-state index in [-0.39, 0.29) is 0 Å². The van der Waals surface area contributed by atoms with Gasteiger partial charge in [-0.15, -0.1) is 0 Å². The molecule has 2 heteroatoms. The number of aliphatic hydroxyl groups is 2. The van der Waals surface area contributed by atoms with E-state index in [9.17, 15) is 10.2 Å². The maximum absolute atomic E-state index is 9.28. The van der Waals surface area contributed by atoms with Gasteiger partial charge in [0.15, 0.2) is 0 Å². The van der Waals surface area contributed by atoms with Crippen LogP contribution in [0.2, 0.25) is 0 Å². The fourth-order valence-corrected chi connectivity index (χ4v) is 0.636. The van der Waals surface area contributed by atoms with E-state index in [1.807, 2.05) is 0 Å². The van der Waals surface area contributed by atoms with Gasteiger partial charge in [0, 0.05) is 0 Å². The topological polar surface area (TPSA) is 40.5 Å². The highest BCUT2D eigenvalue weighted by atomic mass is 16.3. The first kappa shape index (κ1) is 10.7. The molecule has 0 bridgehead atoms. The van der Waals surface area contributed by atoms with Crippen LogP contribution in [0.25, 0.3) is 0 Å². The predicted molar refractivity (Wildman–Crippen MR) is 46.4 cm³/mol. The SMILES string of the molecule is CC(C)(O)C=CCC(C)(C)O. The zero-order valence-corrected chi connectivity index (χ0v) is 7.76. The van der Waals surface area contributed by atoms with Crippen LogP contribution >= 0.6 is 0 Å². The summed E-state index contributed by atoms with van der Waals surface area (Å²) >= 11 is 0. The van der Waals surface area contributed by atoms with Gasteiger partial charge in [-0.2, -0.15) is 0 Å². The second-order valence-corrected chi connectivity index (χ2v) is 4.07. The van der Waals surface area contributed by atoms with Crippen LogP contribution in [0.15, 0.2) is 12.2 Å². The third kappa shape index (κ3) is 9.66. The second-order valence-electron chi connectivity index (χ2n) is 4.07. The average molecular weight is 158 g/mol. The Hall–Kier alpha value is -0.340. The molecule has 0 aliphatic rings. The smallest absolute Gasteiger partial charge is 0.0771 e. The van der Waals surface area contributed by atoms with Gasteiger partial charge in [0.25, 0.3) is 0 Å². The van der Waals surface area contributed by atoms with E-state index >= 15 is 0 Å². The first-order chi connectivity index (χ1) is 4.71. The molecule has 0 amide bonds. The van der Waals surface area contributed by atoms with Crippen molar-refractivity contribution in [3.63, 3.8) is 0 Å². The highest BCUT2D eigenvalue weighted by molar-refractivity contribution is 4.97. The molecular weight excluding hydrogens is 140 g/mol. The van der Waals surface area contributed by atoms with Gasteiger partial charge in [0.2, 0.25) is 0 Å². The van der Waals surface area contributed by atoms with Crippen molar-refractivity contribution in [3.05, 3.63) is 12.2 Å². The highest BCUT2D eigenvalue weighted by Crippen LogP contribution is 2.10. The van der Waals surface area contributed by atoms with Crippen molar-refractivity contribution in [2.45, 2.75) is 45.3 Å². The minimum absolute atomic E-state index is 0.566. The molecule has 0 radical (unpaired) electrons. The van der Waals surface area contributed by atoms with Crippen LogP contribution in [0.5, 0.6) is 0 Å². The van der Waals surface area contributed by atoms with Crippen LogP contribution in [0.3, 0.4) is 0 Å². The average Bonchev–Trinajstić information content (AvgIpc) is 1.55. The third-order valence-corrected chi connectivity index (χ3v) is 1.14. The van der Waals surface area contributed by atoms with Gasteiger partial charge in [0.1, 0.15) is 0 Å². The van der Waals surface area contributed by atoms with Gasteiger partial charge in [-0.3, -0.25) is 0 Å². The molecule has 0 saturated heterocycles. The quantitative estimate of drug-likeness (QED) is 0.611. The minimum Gasteiger partial charge on any atom is -0.390 e. The monoisotopic (exact) mass is 158 g/mol. The Morgan fingerprint density at radius 1 is 1.09 bits per heavy atom. The first-order valence-corrected chi connectivity index (χ1v) is 3.83. The molecule has 0 spiro atoms. The lowest BCUT2D eigenvalue weighted by Gasteiger charge is -2.15. The van der Waals surface area contributed by atoms with E-state index in [0.717, 1.165) is 0 Å². The standard InChI is InChI=1S/C9H18O2/c1-8(2,10)6-5-7-9(3,4)11/h5-6,10-11H,7H2,1-4H3. The Labute approximate surface area is 68.6 Å².